The highest BCUT2D eigenvalue weighted by atomic mass is 16.6. The molecule has 2 aliphatic heterocycles. The van der Waals surface area contributed by atoms with Gasteiger partial charge in [0.05, 0.1) is 25.4 Å². The van der Waals surface area contributed by atoms with Crippen molar-refractivity contribution in [3.8, 4) is 12.8 Å². The van der Waals surface area contributed by atoms with Crippen LogP contribution in [-0.2, 0) is 14.3 Å². The quantitative estimate of drug-likeness (QED) is 0.637. The molecule has 16 heavy (non-hydrogen) atoms. The van der Waals surface area contributed by atoms with Crippen molar-refractivity contribution in [2.75, 3.05) is 13.2 Å². The van der Waals surface area contributed by atoms with Crippen LogP contribution in [0.4, 0.5) is 0 Å². The summed E-state index contributed by atoms with van der Waals surface area (Å²) < 4.78 is 11.2. The SMILES string of the molecule is C#C.CC(=O)O.C[C@@H]1COC2C1OC[C@@H]2C. The third kappa shape index (κ3) is 4.21. The van der Waals surface area contributed by atoms with E-state index in [2.05, 4.69) is 26.7 Å². The lowest BCUT2D eigenvalue weighted by molar-refractivity contribution is -0.134. The van der Waals surface area contributed by atoms with E-state index in [9.17, 15) is 0 Å². The highest BCUT2D eigenvalue weighted by Gasteiger charge is 2.43. The Kier molecular flexibility index (Phi) is 6.78. The molecule has 2 unspecified atom stereocenters. The van der Waals surface area contributed by atoms with Gasteiger partial charge in [-0.3, -0.25) is 4.79 Å². The van der Waals surface area contributed by atoms with Gasteiger partial charge in [0.1, 0.15) is 0 Å². The van der Waals surface area contributed by atoms with Crippen molar-refractivity contribution >= 4 is 5.97 Å². The lowest BCUT2D eigenvalue weighted by Gasteiger charge is -2.10. The first kappa shape index (κ1) is 14.9. The van der Waals surface area contributed by atoms with Crippen LogP contribution < -0.4 is 0 Å². The number of aliphatic carboxylic acids is 1. The molecule has 0 aliphatic carbocycles. The summed E-state index contributed by atoms with van der Waals surface area (Å²) >= 11 is 0. The molecule has 0 bridgehead atoms. The third-order valence-corrected chi connectivity index (χ3v) is 2.55. The first-order chi connectivity index (χ1) is 7.52. The number of carbonyl (C=O) groups is 1. The van der Waals surface area contributed by atoms with Crippen LogP contribution in [0.1, 0.15) is 20.8 Å². The van der Waals surface area contributed by atoms with E-state index >= 15 is 0 Å². The summed E-state index contributed by atoms with van der Waals surface area (Å²) in [5.74, 6) is 0.380. The van der Waals surface area contributed by atoms with E-state index in [1.807, 2.05) is 0 Å². The molecule has 92 valence electrons. The largest absolute Gasteiger partial charge is 0.481 e. The van der Waals surface area contributed by atoms with Gasteiger partial charge in [-0.05, 0) is 0 Å². The van der Waals surface area contributed by atoms with Crippen LogP contribution in [-0.4, -0.2) is 36.5 Å². The Morgan fingerprint density at radius 2 is 1.38 bits per heavy atom. The van der Waals surface area contributed by atoms with Crippen LogP contribution in [0.3, 0.4) is 0 Å². The van der Waals surface area contributed by atoms with Crippen molar-refractivity contribution in [1.82, 2.24) is 0 Å². The second-order valence-electron chi connectivity index (χ2n) is 4.07. The number of hydrogen-bond donors (Lipinski definition) is 1. The molecule has 0 saturated carbocycles. The molecule has 0 spiro atoms. The van der Waals surface area contributed by atoms with Gasteiger partial charge in [-0.25, -0.2) is 0 Å². The van der Waals surface area contributed by atoms with Gasteiger partial charge in [0.2, 0.25) is 0 Å². The van der Waals surface area contributed by atoms with E-state index < -0.39 is 5.97 Å². The molecule has 4 atom stereocenters. The zero-order valence-corrected chi connectivity index (χ0v) is 10.1. The van der Waals surface area contributed by atoms with Crippen LogP contribution in [0.2, 0.25) is 0 Å². The van der Waals surface area contributed by atoms with E-state index in [4.69, 9.17) is 19.4 Å². The Bertz CT molecular complexity index is 216. The minimum atomic E-state index is -0.833. The van der Waals surface area contributed by atoms with Crippen molar-refractivity contribution < 1.29 is 19.4 Å². The summed E-state index contributed by atoms with van der Waals surface area (Å²) in [6.07, 6.45) is 8.80. The molecular formula is C12H20O4. The predicted molar refractivity (Wildman–Crippen MR) is 61.0 cm³/mol. The first-order valence-corrected chi connectivity index (χ1v) is 5.28. The Labute approximate surface area is 96.9 Å². The molecule has 2 rings (SSSR count). The number of fused-ring (bicyclic) bond motifs is 1. The number of rotatable bonds is 0. The molecule has 4 heteroatoms. The van der Waals surface area contributed by atoms with Crippen LogP contribution >= 0.6 is 0 Å². The fourth-order valence-corrected chi connectivity index (χ4v) is 1.88. The average Bonchev–Trinajstić information content (AvgIpc) is 2.75. The van der Waals surface area contributed by atoms with Gasteiger partial charge in [0.15, 0.2) is 0 Å². The van der Waals surface area contributed by atoms with Gasteiger partial charge in [0, 0.05) is 18.8 Å². The van der Waals surface area contributed by atoms with Gasteiger partial charge in [-0.1, -0.05) is 13.8 Å². The van der Waals surface area contributed by atoms with E-state index in [1.54, 1.807) is 0 Å². The maximum absolute atomic E-state index is 9.00. The molecule has 2 heterocycles. The second kappa shape index (κ2) is 7.26. The van der Waals surface area contributed by atoms with E-state index in [0.29, 0.717) is 24.0 Å². The fraction of sp³-hybridized carbons (Fsp3) is 0.750. The molecule has 1 N–H and O–H groups in total. The Hall–Kier alpha value is -1.05. The summed E-state index contributed by atoms with van der Waals surface area (Å²) in [4.78, 5) is 9.00. The van der Waals surface area contributed by atoms with Crippen molar-refractivity contribution in [2.24, 2.45) is 11.8 Å². The maximum atomic E-state index is 9.00. The predicted octanol–water partition coefficient (Wildman–Crippen LogP) is 1.40. The monoisotopic (exact) mass is 228 g/mol. The molecule has 2 aliphatic rings. The summed E-state index contributed by atoms with van der Waals surface area (Å²) in [7, 11) is 0. The number of terminal acetylenes is 1. The number of carboxylic acid groups (broad SMARTS) is 1. The lowest BCUT2D eigenvalue weighted by atomic mass is 9.99. The maximum Gasteiger partial charge on any atom is 0.300 e. The third-order valence-electron chi connectivity index (χ3n) is 2.55. The molecular weight excluding hydrogens is 208 g/mol. The van der Waals surface area contributed by atoms with Crippen LogP contribution in [0.25, 0.3) is 0 Å². The van der Waals surface area contributed by atoms with Crippen LogP contribution in [0.5, 0.6) is 0 Å². The highest BCUT2D eigenvalue weighted by Crippen LogP contribution is 2.33. The summed E-state index contributed by atoms with van der Waals surface area (Å²) in [5, 5.41) is 7.42. The van der Waals surface area contributed by atoms with Crippen LogP contribution in [0.15, 0.2) is 0 Å². The van der Waals surface area contributed by atoms with E-state index in [1.165, 1.54) is 0 Å². The average molecular weight is 228 g/mol. The molecule has 2 saturated heterocycles. The fourth-order valence-electron chi connectivity index (χ4n) is 1.88. The number of carboxylic acids is 1. The van der Waals surface area contributed by atoms with Crippen LogP contribution in [0, 0.1) is 24.7 Å². The second-order valence-corrected chi connectivity index (χ2v) is 4.07. The van der Waals surface area contributed by atoms with Crippen molar-refractivity contribution in [2.45, 2.75) is 33.0 Å². The number of ether oxygens (including phenoxy) is 2. The Morgan fingerprint density at radius 1 is 1.12 bits per heavy atom. The van der Waals surface area contributed by atoms with Gasteiger partial charge in [-0.15, -0.1) is 12.8 Å². The van der Waals surface area contributed by atoms with Gasteiger partial charge >= 0.3 is 0 Å². The van der Waals surface area contributed by atoms with Gasteiger partial charge < -0.3 is 14.6 Å². The lowest BCUT2D eigenvalue weighted by Crippen LogP contribution is -2.23. The molecule has 4 nitrogen and oxygen atoms in total. The molecule has 2 fully saturated rings. The molecule has 0 aromatic heterocycles. The Balaban J connectivity index is 0.000000323. The molecule has 0 aromatic rings. The number of hydrogen-bond acceptors (Lipinski definition) is 3. The Morgan fingerprint density at radius 3 is 1.62 bits per heavy atom. The van der Waals surface area contributed by atoms with Crippen molar-refractivity contribution in [3.05, 3.63) is 0 Å². The molecule has 0 aromatic carbocycles. The van der Waals surface area contributed by atoms with Crippen molar-refractivity contribution in [1.29, 1.82) is 0 Å². The van der Waals surface area contributed by atoms with Gasteiger partial charge in [0.25, 0.3) is 5.97 Å². The minimum Gasteiger partial charge on any atom is -0.481 e. The molecule has 0 amide bonds. The van der Waals surface area contributed by atoms with Crippen molar-refractivity contribution in [3.63, 3.8) is 0 Å². The topological polar surface area (TPSA) is 55.8 Å². The minimum absolute atomic E-state index is 0.398. The van der Waals surface area contributed by atoms with E-state index in [-0.39, 0.29) is 0 Å². The first-order valence-electron chi connectivity index (χ1n) is 5.28. The molecule has 0 radical (unpaired) electrons. The smallest absolute Gasteiger partial charge is 0.300 e. The summed E-state index contributed by atoms with van der Waals surface area (Å²) in [6.45, 7) is 7.25. The normalized spacial score (nSPS) is 35.1. The van der Waals surface area contributed by atoms with E-state index in [0.717, 1.165) is 20.1 Å². The zero-order chi connectivity index (χ0) is 12.7. The summed E-state index contributed by atoms with van der Waals surface area (Å²) in [6, 6.07) is 0. The standard InChI is InChI=1S/C8H14O2.C2H4O2.C2H2/c1-5-3-9-8-6(2)4-10-7(5)8;1-2(3)4;1-2/h5-8H,3-4H2,1-2H3;1H3,(H,3,4);1-2H/t5-,6+,7?,8?;;. The zero-order valence-electron chi connectivity index (χ0n) is 10.1. The van der Waals surface area contributed by atoms with Gasteiger partial charge in [-0.2, -0.15) is 0 Å². The summed E-state index contributed by atoms with van der Waals surface area (Å²) in [5.41, 5.74) is 0. The highest BCUT2D eigenvalue weighted by molar-refractivity contribution is 5.62.